The summed E-state index contributed by atoms with van der Waals surface area (Å²) in [6.45, 7) is 4.54. The second kappa shape index (κ2) is 9.64. The minimum atomic E-state index is -3.72. The van der Waals surface area contributed by atoms with Gasteiger partial charge in [-0.1, -0.05) is 31.4 Å². The van der Waals surface area contributed by atoms with Gasteiger partial charge < -0.3 is 5.32 Å². The topological polar surface area (TPSA) is 69.7 Å². The largest absolute Gasteiger partial charge is 0.355 e. The first-order valence-corrected chi connectivity index (χ1v) is 10.6. The molecule has 6 nitrogen and oxygen atoms in total. The van der Waals surface area contributed by atoms with Crippen LogP contribution in [-0.4, -0.2) is 62.8 Å². The van der Waals surface area contributed by atoms with Gasteiger partial charge in [0.05, 0.1) is 16.5 Å². The summed E-state index contributed by atoms with van der Waals surface area (Å²) in [5.74, 6) is -0.692. The van der Waals surface area contributed by atoms with Crippen molar-refractivity contribution in [3.05, 3.63) is 29.0 Å². The molecule has 0 saturated carbocycles. The van der Waals surface area contributed by atoms with Crippen LogP contribution in [0.3, 0.4) is 0 Å². The van der Waals surface area contributed by atoms with Gasteiger partial charge in [-0.15, -0.1) is 0 Å². The standard InChI is InChI=1S/C17H25ClFN3O3S/c1-2-3-4-7-20-17(23)13-21-8-10-22(11-9-21)26(24,25)14-5-6-16(19)15(18)12-14/h5-6,12H,2-4,7-11,13H2,1H3,(H,20,23). The van der Waals surface area contributed by atoms with Crippen molar-refractivity contribution in [2.45, 2.75) is 31.1 Å². The van der Waals surface area contributed by atoms with Crippen molar-refractivity contribution in [1.82, 2.24) is 14.5 Å². The van der Waals surface area contributed by atoms with E-state index in [-0.39, 0.29) is 35.5 Å². The summed E-state index contributed by atoms with van der Waals surface area (Å²) in [5, 5.41) is 2.66. The number of piperazine rings is 1. The van der Waals surface area contributed by atoms with Gasteiger partial charge in [0.2, 0.25) is 15.9 Å². The molecule has 0 bridgehead atoms. The number of rotatable bonds is 8. The molecule has 0 atom stereocenters. The van der Waals surface area contributed by atoms with Crippen LogP contribution in [0.1, 0.15) is 26.2 Å². The van der Waals surface area contributed by atoms with E-state index in [1.54, 1.807) is 0 Å². The van der Waals surface area contributed by atoms with E-state index in [1.807, 2.05) is 4.90 Å². The van der Waals surface area contributed by atoms with Crippen LogP contribution in [-0.2, 0) is 14.8 Å². The van der Waals surface area contributed by atoms with E-state index in [0.717, 1.165) is 31.4 Å². The first-order chi connectivity index (χ1) is 12.3. The normalized spacial score (nSPS) is 16.6. The molecular weight excluding hydrogens is 381 g/mol. The second-order valence-corrected chi connectivity index (χ2v) is 8.66. The number of benzene rings is 1. The summed E-state index contributed by atoms with van der Waals surface area (Å²) in [6, 6.07) is 3.39. The van der Waals surface area contributed by atoms with Crippen LogP contribution in [0.15, 0.2) is 23.1 Å². The Morgan fingerprint density at radius 1 is 1.23 bits per heavy atom. The molecule has 0 aromatic heterocycles. The number of sulfonamides is 1. The van der Waals surface area contributed by atoms with Crippen molar-refractivity contribution < 1.29 is 17.6 Å². The molecule has 1 heterocycles. The highest BCUT2D eigenvalue weighted by molar-refractivity contribution is 7.89. The molecule has 1 saturated heterocycles. The van der Waals surface area contributed by atoms with Gasteiger partial charge in [0.1, 0.15) is 5.82 Å². The Hall–Kier alpha value is -1.22. The molecule has 1 N–H and O–H groups in total. The van der Waals surface area contributed by atoms with Crippen LogP contribution in [0, 0.1) is 5.82 Å². The fourth-order valence-electron chi connectivity index (χ4n) is 2.78. The lowest BCUT2D eigenvalue weighted by Crippen LogP contribution is -2.51. The zero-order valence-corrected chi connectivity index (χ0v) is 16.5. The molecule has 2 rings (SSSR count). The monoisotopic (exact) mass is 405 g/mol. The van der Waals surface area contributed by atoms with Crippen LogP contribution in [0.5, 0.6) is 0 Å². The fraction of sp³-hybridized carbons (Fsp3) is 0.588. The molecule has 1 aliphatic heterocycles. The number of nitrogens with zero attached hydrogens (tertiary/aromatic N) is 2. The Bertz CT molecular complexity index is 722. The molecule has 26 heavy (non-hydrogen) atoms. The van der Waals surface area contributed by atoms with Gasteiger partial charge >= 0.3 is 0 Å². The number of nitrogens with one attached hydrogen (secondary N) is 1. The molecule has 146 valence electrons. The summed E-state index contributed by atoms with van der Waals surface area (Å²) >= 11 is 5.69. The van der Waals surface area contributed by atoms with Gasteiger partial charge in [0.25, 0.3) is 0 Å². The molecule has 0 spiro atoms. The van der Waals surface area contributed by atoms with E-state index in [1.165, 1.54) is 10.4 Å². The van der Waals surface area contributed by atoms with Gasteiger partial charge in [0.15, 0.2) is 0 Å². The predicted molar refractivity (Wildman–Crippen MR) is 99.1 cm³/mol. The molecule has 0 unspecified atom stereocenters. The maximum Gasteiger partial charge on any atom is 0.243 e. The van der Waals surface area contributed by atoms with Gasteiger partial charge in [-0.2, -0.15) is 4.31 Å². The Morgan fingerprint density at radius 2 is 1.92 bits per heavy atom. The highest BCUT2D eigenvalue weighted by Gasteiger charge is 2.29. The van der Waals surface area contributed by atoms with E-state index >= 15 is 0 Å². The van der Waals surface area contributed by atoms with Gasteiger partial charge in [-0.25, -0.2) is 12.8 Å². The van der Waals surface area contributed by atoms with Crippen molar-refractivity contribution in [2.24, 2.45) is 0 Å². The lowest BCUT2D eigenvalue weighted by molar-refractivity contribution is -0.122. The zero-order valence-electron chi connectivity index (χ0n) is 14.9. The Balaban J connectivity index is 1.85. The maximum absolute atomic E-state index is 13.2. The number of hydrogen-bond donors (Lipinski definition) is 1. The van der Waals surface area contributed by atoms with Crippen molar-refractivity contribution in [2.75, 3.05) is 39.3 Å². The van der Waals surface area contributed by atoms with Crippen LogP contribution < -0.4 is 5.32 Å². The molecule has 1 aromatic rings. The third kappa shape index (κ3) is 5.64. The highest BCUT2D eigenvalue weighted by Crippen LogP contribution is 2.23. The number of halogens is 2. The molecule has 1 fully saturated rings. The van der Waals surface area contributed by atoms with E-state index < -0.39 is 15.8 Å². The summed E-state index contributed by atoms with van der Waals surface area (Å²) in [7, 11) is -3.72. The van der Waals surface area contributed by atoms with Crippen molar-refractivity contribution in [3.63, 3.8) is 0 Å². The van der Waals surface area contributed by atoms with Crippen LogP contribution >= 0.6 is 11.6 Å². The summed E-state index contributed by atoms with van der Waals surface area (Å²) in [4.78, 5) is 13.8. The number of carbonyl (C=O) groups excluding carboxylic acids is 1. The Morgan fingerprint density at radius 3 is 2.54 bits per heavy atom. The fourth-order valence-corrected chi connectivity index (χ4v) is 4.47. The summed E-state index contributed by atoms with van der Waals surface area (Å²) in [6.07, 6.45) is 3.16. The number of amides is 1. The van der Waals surface area contributed by atoms with Crippen LogP contribution in [0.2, 0.25) is 5.02 Å². The average molecular weight is 406 g/mol. The van der Waals surface area contributed by atoms with Crippen molar-refractivity contribution in [1.29, 1.82) is 0 Å². The highest BCUT2D eigenvalue weighted by atomic mass is 35.5. The van der Waals surface area contributed by atoms with Gasteiger partial charge in [-0.05, 0) is 24.6 Å². The van der Waals surface area contributed by atoms with E-state index in [0.29, 0.717) is 19.6 Å². The number of carbonyl (C=O) groups is 1. The van der Waals surface area contributed by atoms with Gasteiger partial charge in [-0.3, -0.25) is 9.69 Å². The molecule has 1 amide bonds. The molecule has 1 aliphatic rings. The van der Waals surface area contributed by atoms with Crippen molar-refractivity contribution >= 4 is 27.5 Å². The smallest absolute Gasteiger partial charge is 0.243 e. The molecule has 9 heteroatoms. The first-order valence-electron chi connectivity index (χ1n) is 8.79. The van der Waals surface area contributed by atoms with Crippen LogP contribution in [0.25, 0.3) is 0 Å². The third-order valence-corrected chi connectivity index (χ3v) is 6.51. The van der Waals surface area contributed by atoms with Gasteiger partial charge in [0, 0.05) is 32.7 Å². The zero-order chi connectivity index (χ0) is 19.2. The molecule has 1 aromatic carbocycles. The minimum absolute atomic E-state index is 0.0222. The molecular formula is C17H25ClFN3O3S. The SMILES string of the molecule is CCCCCNC(=O)CN1CCN(S(=O)(=O)c2ccc(F)c(Cl)c2)CC1. The lowest BCUT2D eigenvalue weighted by atomic mass is 10.2. The minimum Gasteiger partial charge on any atom is -0.355 e. The summed E-state index contributed by atoms with van der Waals surface area (Å²) in [5.41, 5.74) is 0. The number of hydrogen-bond acceptors (Lipinski definition) is 4. The predicted octanol–water partition coefficient (Wildman–Crippen LogP) is 2.09. The lowest BCUT2D eigenvalue weighted by Gasteiger charge is -2.33. The maximum atomic E-state index is 13.2. The second-order valence-electron chi connectivity index (χ2n) is 6.31. The quantitative estimate of drug-likeness (QED) is 0.672. The van der Waals surface area contributed by atoms with E-state index in [2.05, 4.69) is 12.2 Å². The Kier molecular flexibility index (Phi) is 7.82. The van der Waals surface area contributed by atoms with E-state index in [9.17, 15) is 17.6 Å². The molecule has 0 aliphatic carbocycles. The molecule has 0 radical (unpaired) electrons. The van der Waals surface area contributed by atoms with Crippen molar-refractivity contribution in [3.8, 4) is 0 Å². The third-order valence-electron chi connectivity index (χ3n) is 4.33. The van der Waals surface area contributed by atoms with Crippen LogP contribution in [0.4, 0.5) is 4.39 Å². The first kappa shape index (κ1) is 21.1. The summed E-state index contributed by atoms with van der Waals surface area (Å²) < 4.78 is 39.8. The average Bonchev–Trinajstić information content (AvgIpc) is 2.61. The number of unbranched alkanes of at least 4 members (excludes halogenated alkanes) is 2. The van der Waals surface area contributed by atoms with E-state index in [4.69, 9.17) is 11.6 Å². The Labute approximate surface area is 159 Å².